The second kappa shape index (κ2) is 15.9. The fourth-order valence-electron chi connectivity index (χ4n) is 0.345. The van der Waals surface area contributed by atoms with E-state index in [9.17, 15) is 38.2 Å². The van der Waals surface area contributed by atoms with Crippen molar-refractivity contribution in [1.29, 1.82) is 0 Å². The van der Waals surface area contributed by atoms with Crippen molar-refractivity contribution in [2.75, 3.05) is 0 Å². The topological polar surface area (TPSA) is 191 Å². The molecule has 0 amide bonds. The van der Waals surface area contributed by atoms with Gasteiger partial charge in [0.25, 0.3) is 0 Å². The maximum absolute atomic E-state index is 10.3. The SMILES string of the molecule is O=P([O-])([O-])NP(=O)([O-])NP(=O)([O-])[O-].[Na+].[Na+].[Na+].[Na+].[Na+]. The zero-order valence-corrected chi connectivity index (χ0v) is 23.3. The van der Waals surface area contributed by atoms with Crippen molar-refractivity contribution < 1.29 is 186 Å². The molecule has 0 aliphatic heterocycles. The molecule has 0 bridgehead atoms. The Hall–Kier alpha value is 5.41. The molecule has 0 rings (SSSR count). The van der Waals surface area contributed by atoms with E-state index in [1.54, 1.807) is 0 Å². The Morgan fingerprint density at radius 3 is 0.833 bits per heavy atom. The average Bonchev–Trinajstić information content (AvgIpc) is 1.43. The molecule has 0 atom stereocenters. The van der Waals surface area contributed by atoms with Crippen molar-refractivity contribution in [2.24, 2.45) is 0 Å². The molecule has 0 aromatic heterocycles. The quantitative estimate of drug-likeness (QED) is 0.357. The van der Waals surface area contributed by atoms with Crippen LogP contribution in [0.25, 0.3) is 0 Å². The Labute approximate surface area is 214 Å². The summed E-state index contributed by atoms with van der Waals surface area (Å²) in [5.74, 6) is 0. The van der Waals surface area contributed by atoms with Crippen LogP contribution in [0.2, 0.25) is 0 Å². The van der Waals surface area contributed by atoms with Crippen LogP contribution in [0.1, 0.15) is 0 Å². The van der Waals surface area contributed by atoms with Gasteiger partial charge in [-0.1, -0.05) is 0 Å². The third kappa shape index (κ3) is 29.4. The Morgan fingerprint density at radius 1 is 0.556 bits per heavy atom. The van der Waals surface area contributed by atoms with Crippen LogP contribution >= 0.6 is 23.2 Å². The van der Waals surface area contributed by atoms with Gasteiger partial charge in [0, 0.05) is 15.5 Å². The van der Waals surface area contributed by atoms with Crippen LogP contribution < -0.4 is 182 Å². The Kier molecular flexibility index (Phi) is 34.3. The number of rotatable bonds is 4. The molecule has 18 heteroatoms. The summed E-state index contributed by atoms with van der Waals surface area (Å²) in [6.07, 6.45) is 0. The summed E-state index contributed by atoms with van der Waals surface area (Å²) in [6.45, 7) is 0. The van der Waals surface area contributed by atoms with Gasteiger partial charge in [0.15, 0.2) is 7.67 Å². The van der Waals surface area contributed by atoms with Gasteiger partial charge >= 0.3 is 148 Å². The summed E-state index contributed by atoms with van der Waals surface area (Å²) in [4.78, 5) is 50.3. The van der Waals surface area contributed by atoms with Crippen molar-refractivity contribution in [2.45, 2.75) is 0 Å². The van der Waals surface area contributed by atoms with E-state index >= 15 is 0 Å². The summed E-state index contributed by atoms with van der Waals surface area (Å²) in [5.41, 5.74) is 0. The van der Waals surface area contributed by atoms with Gasteiger partial charge in [-0.3, -0.25) is 0 Å². The normalized spacial score (nSPS) is 10.5. The molecule has 80 valence electrons. The predicted octanol–water partition coefficient (Wildman–Crippen LogP) is -19.7. The molecule has 0 aliphatic carbocycles. The van der Waals surface area contributed by atoms with Gasteiger partial charge in [0.05, 0.1) is 0 Å². The molecule has 0 spiro atoms. The monoisotopic (exact) mass is 366 g/mol. The second-order valence-corrected chi connectivity index (χ2v) is 6.44. The fraction of sp³-hybridized carbons (Fsp3) is 0. The van der Waals surface area contributed by atoms with Crippen LogP contribution in [-0.4, -0.2) is 0 Å². The van der Waals surface area contributed by atoms with Gasteiger partial charge in [-0.15, -0.1) is 0 Å². The van der Waals surface area contributed by atoms with Crippen molar-refractivity contribution in [3.05, 3.63) is 0 Å². The van der Waals surface area contributed by atoms with Crippen LogP contribution in [0.5, 0.6) is 0 Å². The Morgan fingerprint density at radius 2 is 0.722 bits per heavy atom. The zero-order chi connectivity index (χ0) is 10.9. The first-order chi connectivity index (χ1) is 5.41. The average molecular weight is 366 g/mol. The number of hydrogen-bond acceptors (Lipinski definition) is 8. The van der Waals surface area contributed by atoms with Gasteiger partial charge in [0.1, 0.15) is 0 Å². The minimum atomic E-state index is -5.66. The molecule has 0 fully saturated rings. The standard InChI is InChI=1S/H7N2O8P3.5Na/c3-11(4,1-12(5,6)7)2-13(8,9)10;;;;;/h(H7,1,2,3,4,5,6,7,8,9,10);;;;;/q;5*+1/p-5. The third-order valence-corrected chi connectivity index (χ3v) is 4.57. The summed E-state index contributed by atoms with van der Waals surface area (Å²) >= 11 is 0. The van der Waals surface area contributed by atoms with Crippen LogP contribution in [-0.2, 0) is 13.7 Å². The summed E-state index contributed by atoms with van der Waals surface area (Å²) in [7, 11) is -16.8. The summed E-state index contributed by atoms with van der Waals surface area (Å²) in [6, 6.07) is 0. The third-order valence-electron chi connectivity index (χ3n) is 0.508. The minimum absolute atomic E-state index is 0. The smallest absolute Gasteiger partial charge is 0.799 e. The maximum atomic E-state index is 10.3. The van der Waals surface area contributed by atoms with Crippen LogP contribution in [0.4, 0.5) is 0 Å². The molecule has 0 radical (unpaired) electrons. The van der Waals surface area contributed by atoms with E-state index in [4.69, 9.17) is 0 Å². The molecule has 0 aliphatic rings. The van der Waals surface area contributed by atoms with E-state index in [-0.39, 0.29) is 148 Å². The van der Waals surface area contributed by atoms with E-state index in [2.05, 4.69) is 0 Å². The van der Waals surface area contributed by atoms with Gasteiger partial charge in [0.2, 0.25) is 0 Å². The molecular weight excluding hydrogens is 364 g/mol. The molecule has 0 saturated carbocycles. The molecule has 0 heterocycles. The second-order valence-electron chi connectivity index (χ2n) is 1.75. The van der Waals surface area contributed by atoms with Crippen molar-refractivity contribution in [3.8, 4) is 0 Å². The molecule has 2 N–H and O–H groups in total. The Balaban J connectivity index is -0.0000000720. The van der Waals surface area contributed by atoms with Crippen molar-refractivity contribution in [3.63, 3.8) is 0 Å². The number of nitrogens with one attached hydrogen (secondary N) is 2. The molecule has 10 nitrogen and oxygen atoms in total. The molecule has 0 saturated heterocycles. The van der Waals surface area contributed by atoms with Crippen LogP contribution in [0.15, 0.2) is 0 Å². The Bertz CT molecular complexity index is 295. The van der Waals surface area contributed by atoms with Crippen molar-refractivity contribution >= 4 is 23.2 Å². The minimum Gasteiger partial charge on any atom is -0.799 e. The van der Waals surface area contributed by atoms with E-state index in [1.165, 1.54) is 0 Å². The van der Waals surface area contributed by atoms with Gasteiger partial charge in [-0.2, -0.15) is 0 Å². The first-order valence-corrected chi connectivity index (χ1v) is 7.07. The van der Waals surface area contributed by atoms with Crippen molar-refractivity contribution in [1.82, 2.24) is 9.72 Å². The van der Waals surface area contributed by atoms with E-state index < -0.39 is 23.2 Å². The van der Waals surface area contributed by atoms with Crippen LogP contribution in [0, 0.1) is 0 Å². The van der Waals surface area contributed by atoms with Crippen LogP contribution in [0.3, 0.4) is 0 Å². The summed E-state index contributed by atoms with van der Waals surface area (Å²) < 4.78 is 29.9. The molecular formula is H2N2Na5O8P3. The van der Waals surface area contributed by atoms with Gasteiger partial charge in [-0.25, -0.2) is 9.72 Å². The molecule has 0 aromatic rings. The largest absolute Gasteiger partial charge is 1.00 e. The van der Waals surface area contributed by atoms with E-state index in [0.29, 0.717) is 9.72 Å². The fourth-order valence-corrected chi connectivity index (χ4v) is 3.51. The molecule has 0 aromatic carbocycles. The molecule has 0 unspecified atom stereocenters. The first kappa shape index (κ1) is 38.8. The van der Waals surface area contributed by atoms with E-state index in [1.807, 2.05) is 0 Å². The zero-order valence-electron chi connectivity index (χ0n) is 10.6. The number of hydrogen-bond donors (Lipinski definition) is 2. The summed E-state index contributed by atoms with van der Waals surface area (Å²) in [5, 5.41) is 0. The molecule has 18 heavy (non-hydrogen) atoms. The predicted molar refractivity (Wildman–Crippen MR) is 29.1 cm³/mol. The van der Waals surface area contributed by atoms with Gasteiger partial charge < -0.3 is 38.2 Å². The van der Waals surface area contributed by atoms with Gasteiger partial charge in [-0.05, 0) is 0 Å². The first-order valence-electron chi connectivity index (χ1n) is 2.36. The van der Waals surface area contributed by atoms with E-state index in [0.717, 1.165) is 0 Å². The maximum Gasteiger partial charge on any atom is 1.00 e.